The monoisotopic (exact) mass is 330 g/mol. The van der Waals surface area contributed by atoms with E-state index in [4.69, 9.17) is 4.74 Å². The molecule has 23 heavy (non-hydrogen) atoms. The number of hydrogen-bond acceptors (Lipinski definition) is 4. The largest absolute Gasteiger partial charge is 0.497 e. The van der Waals surface area contributed by atoms with Crippen LogP contribution in [0.25, 0.3) is 0 Å². The van der Waals surface area contributed by atoms with Crippen molar-refractivity contribution in [3.63, 3.8) is 0 Å². The summed E-state index contributed by atoms with van der Waals surface area (Å²) in [7, 11) is -1.94. The lowest BCUT2D eigenvalue weighted by Gasteiger charge is -2.05. The number of methoxy groups -OCH3 is 1. The molecule has 0 heterocycles. The van der Waals surface area contributed by atoms with Gasteiger partial charge in [0.1, 0.15) is 12.0 Å². The molecule has 0 aromatic heterocycles. The molecule has 1 aliphatic carbocycles. The lowest BCUT2D eigenvalue weighted by atomic mass is 10.1. The van der Waals surface area contributed by atoms with Crippen molar-refractivity contribution in [1.29, 1.82) is 0 Å². The van der Waals surface area contributed by atoms with Crippen molar-refractivity contribution >= 4 is 16.1 Å². The van der Waals surface area contributed by atoms with Gasteiger partial charge < -0.3 is 9.53 Å². The van der Waals surface area contributed by atoms with Gasteiger partial charge in [0, 0.05) is 11.8 Å². The van der Waals surface area contributed by atoms with Gasteiger partial charge in [-0.15, -0.1) is 0 Å². The molecule has 1 aliphatic rings. The highest BCUT2D eigenvalue weighted by Gasteiger charge is 2.59. The minimum Gasteiger partial charge on any atom is -0.497 e. The van der Waals surface area contributed by atoms with Gasteiger partial charge >= 0.3 is 0 Å². The maximum absolute atomic E-state index is 12.8. The first kappa shape index (κ1) is 15.7. The van der Waals surface area contributed by atoms with E-state index in [1.807, 2.05) is 19.1 Å². The van der Waals surface area contributed by atoms with Crippen molar-refractivity contribution in [1.82, 2.24) is 0 Å². The Morgan fingerprint density at radius 2 is 1.61 bits per heavy atom. The zero-order valence-corrected chi connectivity index (χ0v) is 13.8. The first-order valence-corrected chi connectivity index (χ1v) is 8.93. The molecule has 3 rings (SSSR count). The van der Waals surface area contributed by atoms with Crippen LogP contribution in [-0.4, -0.2) is 27.1 Å². The number of aldehydes is 1. The second-order valence-corrected chi connectivity index (χ2v) is 7.94. The summed E-state index contributed by atoms with van der Waals surface area (Å²) in [4.78, 5) is 11.6. The number of carbonyl (C=O) groups is 1. The van der Waals surface area contributed by atoms with Gasteiger partial charge in [0.05, 0.1) is 17.3 Å². The molecule has 2 aromatic rings. The van der Waals surface area contributed by atoms with Crippen molar-refractivity contribution in [2.24, 2.45) is 5.92 Å². The van der Waals surface area contributed by atoms with Gasteiger partial charge in [0.15, 0.2) is 9.84 Å². The Bertz CT molecular complexity index is 807. The molecule has 0 bridgehead atoms. The third-order valence-electron chi connectivity index (χ3n) is 4.37. The highest BCUT2D eigenvalue weighted by molar-refractivity contribution is 7.92. The summed E-state index contributed by atoms with van der Waals surface area (Å²) in [6.45, 7) is 1.90. The molecule has 5 heteroatoms. The zero-order chi connectivity index (χ0) is 16.6. The molecule has 0 aliphatic heterocycles. The summed E-state index contributed by atoms with van der Waals surface area (Å²) < 4.78 is 30.7. The highest BCUT2D eigenvalue weighted by atomic mass is 32.2. The van der Waals surface area contributed by atoms with E-state index in [1.165, 1.54) is 0 Å². The Labute approximate surface area is 136 Å². The van der Waals surface area contributed by atoms with E-state index in [1.54, 1.807) is 43.5 Å². The van der Waals surface area contributed by atoms with Crippen LogP contribution < -0.4 is 4.74 Å². The third-order valence-corrected chi connectivity index (χ3v) is 6.63. The molecule has 120 valence electrons. The number of hydrogen-bond donors (Lipinski definition) is 0. The minimum absolute atomic E-state index is 0.274. The molecule has 2 aromatic carbocycles. The van der Waals surface area contributed by atoms with E-state index in [-0.39, 0.29) is 10.8 Å². The topological polar surface area (TPSA) is 60.4 Å². The maximum atomic E-state index is 12.8. The Hall–Kier alpha value is -2.14. The van der Waals surface area contributed by atoms with Gasteiger partial charge in [-0.2, -0.15) is 0 Å². The fraction of sp³-hybridized carbons (Fsp3) is 0.278. The summed E-state index contributed by atoms with van der Waals surface area (Å²) in [5.41, 5.74) is 1.85. The van der Waals surface area contributed by atoms with Crippen LogP contribution in [0, 0.1) is 12.8 Å². The van der Waals surface area contributed by atoms with Crippen LogP contribution in [0.1, 0.15) is 17.0 Å². The number of carbonyl (C=O) groups excluding carboxylic acids is 1. The average molecular weight is 330 g/mol. The third kappa shape index (κ3) is 2.77. The molecule has 0 saturated heterocycles. The molecule has 0 spiro atoms. The fourth-order valence-corrected chi connectivity index (χ4v) is 5.10. The first-order valence-electron chi connectivity index (χ1n) is 7.39. The molecule has 4 nitrogen and oxygen atoms in total. The summed E-state index contributed by atoms with van der Waals surface area (Å²) in [5.74, 6) is -0.0746. The smallest absolute Gasteiger partial charge is 0.182 e. The van der Waals surface area contributed by atoms with Crippen molar-refractivity contribution in [2.75, 3.05) is 7.11 Å². The van der Waals surface area contributed by atoms with Gasteiger partial charge in [-0.05, 0) is 36.8 Å². The second kappa shape index (κ2) is 5.81. The predicted molar refractivity (Wildman–Crippen MR) is 87.4 cm³/mol. The van der Waals surface area contributed by atoms with Crippen LogP contribution in [0.4, 0.5) is 0 Å². The number of ether oxygens (including phenoxy) is 1. The molecule has 0 unspecified atom stereocenters. The predicted octanol–water partition coefficient (Wildman–Crippen LogP) is 2.76. The van der Waals surface area contributed by atoms with Crippen LogP contribution in [0.2, 0.25) is 0 Å². The summed E-state index contributed by atoms with van der Waals surface area (Å²) in [6.07, 6.45) is 0.755. The van der Waals surface area contributed by atoms with Crippen LogP contribution in [0.15, 0.2) is 53.4 Å². The van der Waals surface area contributed by atoms with Crippen molar-refractivity contribution in [3.05, 3.63) is 59.7 Å². The summed E-state index contributed by atoms with van der Waals surface area (Å²) in [5, 5.41) is -0.684. The molecule has 1 fully saturated rings. The summed E-state index contributed by atoms with van der Waals surface area (Å²) >= 11 is 0. The number of sulfone groups is 1. The normalized spacial score (nSPS) is 23.3. The Morgan fingerprint density at radius 3 is 2.13 bits per heavy atom. The van der Waals surface area contributed by atoms with Gasteiger partial charge in [0.2, 0.25) is 0 Å². The van der Waals surface area contributed by atoms with Crippen molar-refractivity contribution in [2.45, 2.75) is 23.0 Å². The second-order valence-electron chi connectivity index (χ2n) is 5.84. The van der Waals surface area contributed by atoms with Crippen molar-refractivity contribution in [3.8, 4) is 5.75 Å². The molecule has 0 radical (unpaired) electrons. The van der Waals surface area contributed by atoms with Gasteiger partial charge in [-0.25, -0.2) is 8.42 Å². The van der Waals surface area contributed by atoms with E-state index < -0.39 is 21.0 Å². The van der Waals surface area contributed by atoms with E-state index >= 15 is 0 Å². The Morgan fingerprint density at radius 1 is 1.00 bits per heavy atom. The Kier molecular flexibility index (Phi) is 3.98. The Balaban J connectivity index is 1.92. The SMILES string of the molecule is COc1ccc([C@@H]2[C@@H](C=O)[C@H]2S(=O)(=O)c2ccc(C)cc2)cc1. The number of aryl methyl sites for hydroxylation is 1. The van der Waals surface area contributed by atoms with Crippen molar-refractivity contribution < 1.29 is 17.9 Å². The number of rotatable bonds is 5. The van der Waals surface area contributed by atoms with Gasteiger partial charge in [0.25, 0.3) is 0 Å². The van der Waals surface area contributed by atoms with Gasteiger partial charge in [-0.1, -0.05) is 29.8 Å². The standard InChI is InChI=1S/C18H18O4S/c1-12-3-9-15(10-4-12)23(20,21)18-16(11-19)17(18)13-5-7-14(22-2)8-6-13/h3-11,16-18H,1-2H3/t16-,17-,18-/m1/s1. The molecule has 3 atom stereocenters. The molecule has 1 saturated carbocycles. The fourth-order valence-electron chi connectivity index (χ4n) is 2.99. The average Bonchev–Trinajstić information content (AvgIpc) is 3.31. The number of benzene rings is 2. The quantitative estimate of drug-likeness (QED) is 0.791. The van der Waals surface area contributed by atoms with Gasteiger partial charge in [-0.3, -0.25) is 0 Å². The van der Waals surface area contributed by atoms with E-state index in [0.717, 1.165) is 17.4 Å². The molecular weight excluding hydrogens is 312 g/mol. The molecule has 0 N–H and O–H groups in total. The maximum Gasteiger partial charge on any atom is 0.182 e. The van der Waals surface area contributed by atoms with E-state index in [2.05, 4.69) is 0 Å². The first-order chi connectivity index (χ1) is 11.0. The zero-order valence-electron chi connectivity index (χ0n) is 13.0. The lowest BCUT2D eigenvalue weighted by molar-refractivity contribution is -0.108. The van der Waals surface area contributed by atoms with Crippen LogP contribution in [0.5, 0.6) is 5.75 Å². The van der Waals surface area contributed by atoms with Crippen LogP contribution in [-0.2, 0) is 14.6 Å². The highest BCUT2D eigenvalue weighted by Crippen LogP contribution is 2.53. The van der Waals surface area contributed by atoms with E-state index in [9.17, 15) is 13.2 Å². The van der Waals surface area contributed by atoms with Crippen LogP contribution in [0.3, 0.4) is 0 Å². The summed E-state index contributed by atoms with van der Waals surface area (Å²) in [6, 6.07) is 14.0. The molecule has 0 amide bonds. The molecular formula is C18H18O4S. The van der Waals surface area contributed by atoms with E-state index in [0.29, 0.717) is 5.75 Å². The lowest BCUT2D eigenvalue weighted by Crippen LogP contribution is -2.11. The minimum atomic E-state index is -3.52. The van der Waals surface area contributed by atoms with Crippen LogP contribution >= 0.6 is 0 Å².